The molecular weight excluding hydrogens is 436 g/mol. The molecule has 1 aliphatic carbocycles. The van der Waals surface area contributed by atoms with E-state index in [0.29, 0.717) is 17.5 Å². The van der Waals surface area contributed by atoms with E-state index in [2.05, 4.69) is 15.7 Å². The maximum atomic E-state index is 12.3. The molecule has 0 aromatic heterocycles. The summed E-state index contributed by atoms with van der Waals surface area (Å²) in [7, 11) is -0.00396. The molecule has 0 amide bonds. The number of nitrogens with one attached hydrogen (secondary N) is 1. The predicted octanol–water partition coefficient (Wildman–Crippen LogP) is 3.73. The van der Waals surface area contributed by atoms with E-state index in [4.69, 9.17) is 9.47 Å². The third kappa shape index (κ3) is 4.85. The van der Waals surface area contributed by atoms with Gasteiger partial charge in [-0.2, -0.15) is 0 Å². The lowest BCUT2D eigenvalue weighted by Gasteiger charge is -2.35. The average Bonchev–Trinajstić information content (AvgIpc) is 3.21. The van der Waals surface area contributed by atoms with Gasteiger partial charge in [-0.1, -0.05) is 18.2 Å². The zero-order valence-electron chi connectivity index (χ0n) is 18.1. The zero-order valence-corrected chi connectivity index (χ0v) is 19.7. The minimum atomic E-state index is -3.42. The molecule has 1 atom stereocenters. The van der Waals surface area contributed by atoms with Gasteiger partial charge in [0, 0.05) is 24.7 Å². The van der Waals surface area contributed by atoms with Crippen molar-refractivity contribution in [1.29, 1.82) is 0 Å². The number of benzene rings is 2. The minimum Gasteiger partial charge on any atom is -0.493 e. The van der Waals surface area contributed by atoms with E-state index in [9.17, 15) is 8.42 Å². The van der Waals surface area contributed by atoms with Crippen molar-refractivity contribution in [3.8, 4) is 11.5 Å². The molecule has 2 aromatic rings. The molecule has 4 rings (SSSR count). The Hall–Kier alpha value is -1.80. The normalized spacial score (nSPS) is 17.7. The first-order valence-corrected chi connectivity index (χ1v) is 12.1. The lowest BCUT2D eigenvalue weighted by molar-refractivity contribution is 0.182. The summed E-state index contributed by atoms with van der Waals surface area (Å²) in [5.74, 6) is 1.72. The SMILES string of the molecule is COc1cc2c3c(c1OC)CCC3N(CCCCNS(=O)(=O)c1ccccc1)CC2.Cl. The first kappa shape index (κ1) is 23.9. The summed E-state index contributed by atoms with van der Waals surface area (Å²) < 4.78 is 38.5. The highest BCUT2D eigenvalue weighted by molar-refractivity contribution is 7.89. The van der Waals surface area contributed by atoms with Gasteiger partial charge in [0.15, 0.2) is 11.5 Å². The standard InChI is InChI=1S/C23H30N2O4S.ClH/c1-28-21-16-17-12-15-25(20-11-10-19(22(17)20)23(21)29-2)14-7-6-13-24-30(26,27)18-8-4-3-5-9-18;/h3-5,8-9,16,20,24H,6-7,10-15H2,1-2H3;1H. The van der Waals surface area contributed by atoms with E-state index in [1.54, 1.807) is 38.5 Å². The molecule has 1 N–H and O–H groups in total. The van der Waals surface area contributed by atoms with Crippen molar-refractivity contribution in [3.63, 3.8) is 0 Å². The average molecular weight is 467 g/mol. The van der Waals surface area contributed by atoms with Crippen LogP contribution in [0.2, 0.25) is 0 Å². The number of nitrogens with zero attached hydrogens (tertiary/aromatic N) is 1. The van der Waals surface area contributed by atoms with Crippen molar-refractivity contribution in [2.24, 2.45) is 0 Å². The third-order valence-corrected chi connectivity index (χ3v) is 7.70. The van der Waals surface area contributed by atoms with Crippen molar-refractivity contribution >= 4 is 22.4 Å². The third-order valence-electron chi connectivity index (χ3n) is 6.23. The molecule has 2 aliphatic rings. The number of rotatable bonds is 9. The van der Waals surface area contributed by atoms with E-state index in [1.165, 1.54) is 16.7 Å². The Labute approximate surface area is 191 Å². The van der Waals surface area contributed by atoms with Crippen LogP contribution in [-0.2, 0) is 22.9 Å². The molecule has 8 heteroatoms. The molecule has 0 saturated carbocycles. The van der Waals surface area contributed by atoms with Crippen LogP contribution in [0, 0.1) is 0 Å². The highest BCUT2D eigenvalue weighted by Gasteiger charge is 2.36. The van der Waals surface area contributed by atoms with Crippen LogP contribution in [-0.4, -0.2) is 47.2 Å². The van der Waals surface area contributed by atoms with E-state index in [0.717, 1.165) is 56.7 Å². The van der Waals surface area contributed by atoms with Gasteiger partial charge in [0.05, 0.1) is 19.1 Å². The Balaban J connectivity index is 0.00000272. The Kier molecular flexibility index (Phi) is 7.86. The molecule has 1 aliphatic heterocycles. The number of sulfonamides is 1. The largest absolute Gasteiger partial charge is 0.493 e. The summed E-state index contributed by atoms with van der Waals surface area (Å²) in [4.78, 5) is 2.87. The van der Waals surface area contributed by atoms with E-state index >= 15 is 0 Å². The molecule has 31 heavy (non-hydrogen) atoms. The van der Waals surface area contributed by atoms with Crippen LogP contribution < -0.4 is 14.2 Å². The molecule has 1 heterocycles. The zero-order chi connectivity index (χ0) is 21.1. The van der Waals surface area contributed by atoms with Gasteiger partial charge >= 0.3 is 0 Å². The maximum Gasteiger partial charge on any atom is 0.240 e. The van der Waals surface area contributed by atoms with Gasteiger partial charge in [-0.3, -0.25) is 4.90 Å². The minimum absolute atomic E-state index is 0. The summed E-state index contributed by atoms with van der Waals surface area (Å²) in [6.07, 6.45) is 4.92. The molecule has 0 radical (unpaired) electrons. The lowest BCUT2D eigenvalue weighted by atomic mass is 9.92. The molecule has 0 fully saturated rings. The van der Waals surface area contributed by atoms with Gasteiger partial charge in [-0.25, -0.2) is 13.1 Å². The number of unbranched alkanes of at least 4 members (excludes halogenated alkanes) is 1. The van der Waals surface area contributed by atoms with E-state index in [1.807, 2.05) is 6.07 Å². The van der Waals surface area contributed by atoms with Crippen LogP contribution in [0.15, 0.2) is 41.3 Å². The first-order valence-electron chi connectivity index (χ1n) is 10.6. The fourth-order valence-electron chi connectivity index (χ4n) is 4.82. The van der Waals surface area contributed by atoms with Crippen LogP contribution in [0.25, 0.3) is 0 Å². The second-order valence-corrected chi connectivity index (χ2v) is 9.69. The predicted molar refractivity (Wildman–Crippen MR) is 124 cm³/mol. The number of hydrogen-bond acceptors (Lipinski definition) is 5. The monoisotopic (exact) mass is 466 g/mol. The quantitative estimate of drug-likeness (QED) is 0.570. The lowest BCUT2D eigenvalue weighted by Crippen LogP contribution is -2.35. The summed E-state index contributed by atoms with van der Waals surface area (Å²) >= 11 is 0. The molecule has 2 aromatic carbocycles. The van der Waals surface area contributed by atoms with Crippen molar-refractivity contribution in [3.05, 3.63) is 53.1 Å². The Morgan fingerprint density at radius 2 is 1.87 bits per heavy atom. The second kappa shape index (κ2) is 10.2. The number of ether oxygens (including phenoxy) is 2. The van der Waals surface area contributed by atoms with Crippen molar-refractivity contribution in [2.75, 3.05) is 33.9 Å². The fraction of sp³-hybridized carbons (Fsp3) is 0.478. The Morgan fingerprint density at radius 3 is 2.58 bits per heavy atom. The van der Waals surface area contributed by atoms with E-state index in [-0.39, 0.29) is 12.4 Å². The Bertz CT molecular complexity index is 998. The number of hydrogen-bond donors (Lipinski definition) is 1. The highest BCUT2D eigenvalue weighted by Crippen LogP contribution is 2.48. The molecule has 0 bridgehead atoms. The van der Waals surface area contributed by atoms with Crippen LogP contribution >= 0.6 is 12.4 Å². The van der Waals surface area contributed by atoms with Crippen LogP contribution in [0.4, 0.5) is 0 Å². The Morgan fingerprint density at radius 1 is 1.10 bits per heavy atom. The summed E-state index contributed by atoms with van der Waals surface area (Å²) in [6, 6.07) is 11.1. The highest BCUT2D eigenvalue weighted by atomic mass is 35.5. The molecule has 0 saturated heterocycles. The maximum absolute atomic E-state index is 12.3. The molecule has 1 unspecified atom stereocenters. The fourth-order valence-corrected chi connectivity index (χ4v) is 5.91. The van der Waals surface area contributed by atoms with Gasteiger partial charge in [0.25, 0.3) is 0 Å². The summed E-state index contributed by atoms with van der Waals surface area (Å²) in [6.45, 7) is 2.47. The molecule has 0 spiro atoms. The van der Waals surface area contributed by atoms with Gasteiger partial charge in [-0.05, 0) is 68.0 Å². The summed E-state index contributed by atoms with van der Waals surface area (Å²) in [5.41, 5.74) is 4.12. The van der Waals surface area contributed by atoms with Crippen molar-refractivity contribution in [1.82, 2.24) is 9.62 Å². The summed E-state index contributed by atoms with van der Waals surface area (Å²) in [5, 5.41) is 0. The molecule has 6 nitrogen and oxygen atoms in total. The van der Waals surface area contributed by atoms with Crippen LogP contribution in [0.5, 0.6) is 11.5 Å². The van der Waals surface area contributed by atoms with Crippen molar-refractivity contribution in [2.45, 2.75) is 43.0 Å². The smallest absolute Gasteiger partial charge is 0.240 e. The van der Waals surface area contributed by atoms with Crippen LogP contribution in [0.3, 0.4) is 0 Å². The van der Waals surface area contributed by atoms with Gasteiger partial charge in [-0.15, -0.1) is 12.4 Å². The van der Waals surface area contributed by atoms with Gasteiger partial charge in [0.1, 0.15) is 0 Å². The van der Waals surface area contributed by atoms with Gasteiger partial charge in [0.2, 0.25) is 10.0 Å². The molecular formula is C23H31ClN2O4S. The first-order chi connectivity index (χ1) is 14.5. The molecule has 170 valence electrons. The second-order valence-electron chi connectivity index (χ2n) is 7.92. The number of halogens is 1. The van der Waals surface area contributed by atoms with Crippen molar-refractivity contribution < 1.29 is 17.9 Å². The van der Waals surface area contributed by atoms with Crippen LogP contribution in [0.1, 0.15) is 42.0 Å². The van der Waals surface area contributed by atoms with Gasteiger partial charge < -0.3 is 9.47 Å². The number of methoxy groups -OCH3 is 2. The topological polar surface area (TPSA) is 67.9 Å². The van der Waals surface area contributed by atoms with E-state index < -0.39 is 10.0 Å².